The maximum absolute atomic E-state index is 13.7. The first-order chi connectivity index (χ1) is 13.6. The van der Waals surface area contributed by atoms with Crippen LogP contribution >= 0.6 is 0 Å². The summed E-state index contributed by atoms with van der Waals surface area (Å²) in [5, 5.41) is 5.22. The van der Waals surface area contributed by atoms with Gasteiger partial charge in [-0.3, -0.25) is 14.6 Å². The number of methoxy groups -OCH3 is 1. The Bertz CT molecular complexity index is 990. The molecule has 2 amide bonds. The number of nitrogens with zero attached hydrogens (tertiary/aromatic N) is 1. The van der Waals surface area contributed by atoms with Crippen molar-refractivity contribution < 1.29 is 18.7 Å². The van der Waals surface area contributed by atoms with Gasteiger partial charge in [-0.2, -0.15) is 0 Å². The fraction of sp³-hybridized carbons (Fsp3) is 0.0952. The smallest absolute Gasteiger partial charge is 0.270 e. The molecule has 2 aromatic carbocycles. The maximum Gasteiger partial charge on any atom is 0.270 e. The predicted octanol–water partition coefficient (Wildman–Crippen LogP) is 3.41. The quantitative estimate of drug-likeness (QED) is 0.688. The second-order valence-electron chi connectivity index (χ2n) is 5.89. The summed E-state index contributed by atoms with van der Waals surface area (Å²) in [5.74, 6) is -0.763. The summed E-state index contributed by atoms with van der Waals surface area (Å²) in [6, 6.07) is 15.9. The SMILES string of the molecule is COc1ccc(CNC(=O)c2cc(C(=O)Nc3ccccc3F)ccn2)cc1. The molecule has 0 unspecified atom stereocenters. The standard InChI is InChI=1S/C21H18FN3O3/c1-28-16-8-6-14(7-9-16)13-24-21(27)19-12-15(10-11-23-19)20(26)25-18-5-3-2-4-17(18)22/h2-12H,13H2,1H3,(H,24,27)(H,25,26). The van der Waals surface area contributed by atoms with Gasteiger partial charge in [-0.25, -0.2) is 4.39 Å². The van der Waals surface area contributed by atoms with E-state index in [4.69, 9.17) is 4.74 Å². The van der Waals surface area contributed by atoms with E-state index in [0.717, 1.165) is 11.3 Å². The van der Waals surface area contributed by atoms with Gasteiger partial charge in [0.15, 0.2) is 0 Å². The van der Waals surface area contributed by atoms with Gasteiger partial charge in [0.25, 0.3) is 11.8 Å². The van der Waals surface area contributed by atoms with E-state index < -0.39 is 17.6 Å². The molecule has 0 saturated carbocycles. The van der Waals surface area contributed by atoms with Crippen LogP contribution in [-0.2, 0) is 6.54 Å². The second kappa shape index (κ2) is 8.77. The number of carbonyl (C=O) groups excluding carboxylic acids is 2. The summed E-state index contributed by atoms with van der Waals surface area (Å²) < 4.78 is 18.8. The van der Waals surface area contributed by atoms with Crippen LogP contribution in [0, 0.1) is 5.82 Å². The molecule has 28 heavy (non-hydrogen) atoms. The third-order valence-electron chi connectivity index (χ3n) is 3.99. The summed E-state index contributed by atoms with van der Waals surface area (Å²) in [5.41, 5.74) is 1.25. The van der Waals surface area contributed by atoms with E-state index in [1.54, 1.807) is 25.3 Å². The summed E-state index contributed by atoms with van der Waals surface area (Å²) in [6.07, 6.45) is 1.36. The zero-order valence-corrected chi connectivity index (χ0v) is 15.1. The Labute approximate surface area is 161 Å². The number of ether oxygens (including phenoxy) is 1. The number of halogens is 1. The normalized spacial score (nSPS) is 10.2. The van der Waals surface area contributed by atoms with Crippen LogP contribution in [0.1, 0.15) is 26.4 Å². The third kappa shape index (κ3) is 4.70. The number of carbonyl (C=O) groups is 2. The Morgan fingerprint density at radius 1 is 1.04 bits per heavy atom. The molecule has 2 N–H and O–H groups in total. The van der Waals surface area contributed by atoms with Crippen LogP contribution in [0.15, 0.2) is 66.9 Å². The van der Waals surface area contributed by atoms with E-state index in [2.05, 4.69) is 15.6 Å². The lowest BCUT2D eigenvalue weighted by atomic mass is 10.2. The third-order valence-corrected chi connectivity index (χ3v) is 3.99. The van der Waals surface area contributed by atoms with Crippen LogP contribution in [0.5, 0.6) is 5.75 Å². The molecule has 7 heteroatoms. The van der Waals surface area contributed by atoms with Gasteiger partial charge in [-0.05, 0) is 42.0 Å². The number of rotatable bonds is 6. The molecule has 1 heterocycles. The molecule has 0 atom stereocenters. The maximum atomic E-state index is 13.7. The average Bonchev–Trinajstić information content (AvgIpc) is 2.74. The zero-order valence-electron chi connectivity index (χ0n) is 15.1. The molecule has 1 aromatic heterocycles. The van der Waals surface area contributed by atoms with Crippen LogP contribution in [0.25, 0.3) is 0 Å². The van der Waals surface area contributed by atoms with Gasteiger partial charge in [-0.1, -0.05) is 24.3 Å². The predicted molar refractivity (Wildman–Crippen MR) is 103 cm³/mol. The molecule has 0 fully saturated rings. The summed E-state index contributed by atoms with van der Waals surface area (Å²) in [4.78, 5) is 28.7. The minimum atomic E-state index is -0.539. The number of anilines is 1. The van der Waals surface area contributed by atoms with Crippen molar-refractivity contribution in [1.29, 1.82) is 0 Å². The highest BCUT2D eigenvalue weighted by molar-refractivity contribution is 6.05. The minimum Gasteiger partial charge on any atom is -0.497 e. The molecule has 3 rings (SSSR count). The Morgan fingerprint density at radius 3 is 2.50 bits per heavy atom. The lowest BCUT2D eigenvalue weighted by Gasteiger charge is -2.08. The Balaban J connectivity index is 1.65. The molecule has 0 aliphatic rings. The van der Waals surface area contributed by atoms with Crippen LogP contribution in [0.4, 0.5) is 10.1 Å². The van der Waals surface area contributed by atoms with Gasteiger partial charge in [0, 0.05) is 18.3 Å². The van der Waals surface area contributed by atoms with Gasteiger partial charge < -0.3 is 15.4 Å². The summed E-state index contributed by atoms with van der Waals surface area (Å²) in [7, 11) is 1.58. The lowest BCUT2D eigenvalue weighted by Crippen LogP contribution is -2.24. The molecule has 0 spiro atoms. The highest BCUT2D eigenvalue weighted by atomic mass is 19.1. The molecule has 142 valence electrons. The van der Waals surface area contributed by atoms with Crippen molar-refractivity contribution in [2.45, 2.75) is 6.54 Å². The van der Waals surface area contributed by atoms with Crippen LogP contribution in [-0.4, -0.2) is 23.9 Å². The molecule has 0 saturated heterocycles. The number of hydrogen-bond acceptors (Lipinski definition) is 4. The van der Waals surface area contributed by atoms with Gasteiger partial charge in [0.2, 0.25) is 0 Å². The van der Waals surface area contributed by atoms with Gasteiger partial charge >= 0.3 is 0 Å². The van der Waals surface area contributed by atoms with E-state index in [1.165, 1.54) is 36.5 Å². The van der Waals surface area contributed by atoms with Crippen molar-refractivity contribution in [3.63, 3.8) is 0 Å². The molecule has 0 radical (unpaired) electrons. The van der Waals surface area contributed by atoms with Crippen LogP contribution < -0.4 is 15.4 Å². The highest BCUT2D eigenvalue weighted by Crippen LogP contribution is 2.14. The molecular weight excluding hydrogens is 361 g/mol. The fourth-order valence-corrected chi connectivity index (χ4v) is 2.47. The van der Waals surface area contributed by atoms with Crippen LogP contribution in [0.3, 0.4) is 0 Å². The molecule has 0 aliphatic carbocycles. The van der Waals surface area contributed by atoms with Gasteiger partial charge in [-0.15, -0.1) is 0 Å². The zero-order chi connectivity index (χ0) is 19.9. The van der Waals surface area contributed by atoms with E-state index in [0.29, 0.717) is 6.54 Å². The average molecular weight is 379 g/mol. The van der Waals surface area contributed by atoms with E-state index in [-0.39, 0.29) is 16.9 Å². The number of aromatic nitrogens is 1. The van der Waals surface area contributed by atoms with Gasteiger partial charge in [0.05, 0.1) is 12.8 Å². The monoisotopic (exact) mass is 379 g/mol. The first kappa shape index (κ1) is 19.0. The van der Waals surface area contributed by atoms with Crippen molar-refractivity contribution in [2.24, 2.45) is 0 Å². The molecular formula is C21H18FN3O3. The molecule has 6 nitrogen and oxygen atoms in total. The topological polar surface area (TPSA) is 80.3 Å². The van der Waals surface area contributed by atoms with E-state index in [1.807, 2.05) is 12.1 Å². The first-order valence-corrected chi connectivity index (χ1v) is 8.50. The van der Waals surface area contributed by atoms with Crippen molar-refractivity contribution >= 4 is 17.5 Å². The number of amides is 2. The molecule has 0 aliphatic heterocycles. The molecule has 3 aromatic rings. The Hall–Kier alpha value is -3.74. The number of para-hydroxylation sites is 1. The van der Waals surface area contributed by atoms with E-state index >= 15 is 0 Å². The summed E-state index contributed by atoms with van der Waals surface area (Å²) >= 11 is 0. The van der Waals surface area contributed by atoms with Crippen molar-refractivity contribution in [2.75, 3.05) is 12.4 Å². The Morgan fingerprint density at radius 2 is 1.79 bits per heavy atom. The molecule has 0 bridgehead atoms. The number of hydrogen-bond donors (Lipinski definition) is 2. The lowest BCUT2D eigenvalue weighted by molar-refractivity contribution is 0.0946. The summed E-state index contributed by atoms with van der Waals surface area (Å²) in [6.45, 7) is 0.302. The fourth-order valence-electron chi connectivity index (χ4n) is 2.47. The number of benzene rings is 2. The van der Waals surface area contributed by atoms with E-state index in [9.17, 15) is 14.0 Å². The largest absolute Gasteiger partial charge is 0.497 e. The van der Waals surface area contributed by atoms with Crippen molar-refractivity contribution in [3.05, 3.63) is 89.5 Å². The Kier molecular flexibility index (Phi) is 5.96. The minimum absolute atomic E-state index is 0.0646. The van der Waals surface area contributed by atoms with Gasteiger partial charge in [0.1, 0.15) is 17.3 Å². The first-order valence-electron chi connectivity index (χ1n) is 8.50. The van der Waals surface area contributed by atoms with Crippen molar-refractivity contribution in [3.8, 4) is 5.75 Å². The highest BCUT2D eigenvalue weighted by Gasteiger charge is 2.13. The van der Waals surface area contributed by atoms with Crippen molar-refractivity contribution in [1.82, 2.24) is 10.3 Å². The van der Waals surface area contributed by atoms with Crippen LogP contribution in [0.2, 0.25) is 0 Å². The number of nitrogens with one attached hydrogen (secondary N) is 2. The number of pyridine rings is 1. The second-order valence-corrected chi connectivity index (χ2v) is 5.89.